The first-order valence-corrected chi connectivity index (χ1v) is 9.18. The highest BCUT2D eigenvalue weighted by Gasteiger charge is 2.36. The molecule has 0 bridgehead atoms. The van der Waals surface area contributed by atoms with Gasteiger partial charge in [0.2, 0.25) is 0 Å². The minimum Gasteiger partial charge on any atom is -0.394 e. The first kappa shape index (κ1) is 16.1. The number of hydrogen-bond donors (Lipinski definition) is 0. The third kappa shape index (κ3) is 6.02. The van der Waals surface area contributed by atoms with Gasteiger partial charge in [0.25, 0.3) is 0 Å². The number of rotatable bonds is 10. The van der Waals surface area contributed by atoms with Crippen LogP contribution in [0, 0.1) is 0 Å². The van der Waals surface area contributed by atoms with E-state index in [-0.39, 0.29) is 0 Å². The fourth-order valence-corrected chi connectivity index (χ4v) is 6.02. The molecule has 2 nitrogen and oxygen atoms in total. The highest BCUT2D eigenvalue weighted by Crippen LogP contribution is 2.25. The molecule has 0 fully saturated rings. The first-order chi connectivity index (χ1) is 7.64. The smallest absolute Gasteiger partial charge is 0.338 e. The van der Waals surface area contributed by atoms with E-state index in [1.54, 1.807) is 0 Å². The summed E-state index contributed by atoms with van der Waals surface area (Å²) in [5, 5.41) is 0. The molecule has 0 aliphatic rings. The van der Waals surface area contributed by atoms with Crippen molar-refractivity contribution in [3.8, 4) is 0 Å². The Morgan fingerprint density at radius 1 is 0.938 bits per heavy atom. The van der Waals surface area contributed by atoms with Gasteiger partial charge in [0.05, 0.1) is 0 Å². The van der Waals surface area contributed by atoms with Crippen molar-refractivity contribution in [1.29, 1.82) is 0 Å². The van der Waals surface area contributed by atoms with Gasteiger partial charge in [-0.2, -0.15) is 0 Å². The minimum atomic E-state index is -1.90. The van der Waals surface area contributed by atoms with E-state index in [1.165, 1.54) is 19.3 Å². The summed E-state index contributed by atoms with van der Waals surface area (Å²) in [7, 11) is -1.90. The molecule has 0 aromatic heterocycles. The van der Waals surface area contributed by atoms with E-state index in [0.29, 0.717) is 6.10 Å². The van der Waals surface area contributed by atoms with Crippen LogP contribution in [0.2, 0.25) is 12.1 Å². The molecule has 0 N–H and O–H groups in total. The van der Waals surface area contributed by atoms with Gasteiger partial charge in [0, 0.05) is 12.7 Å². The predicted octanol–water partition coefficient (Wildman–Crippen LogP) is 4.49. The average molecular weight is 246 g/mol. The molecule has 98 valence electrons. The lowest BCUT2D eigenvalue weighted by Gasteiger charge is -2.33. The highest BCUT2D eigenvalue weighted by atomic mass is 28.4. The van der Waals surface area contributed by atoms with Crippen LogP contribution in [-0.4, -0.2) is 21.3 Å². The van der Waals surface area contributed by atoms with Gasteiger partial charge in [-0.25, -0.2) is 0 Å². The van der Waals surface area contributed by atoms with E-state index >= 15 is 0 Å². The van der Waals surface area contributed by atoms with Gasteiger partial charge in [-0.1, -0.05) is 40.0 Å². The molecule has 1 atom stereocenters. The second-order valence-corrected chi connectivity index (χ2v) is 7.91. The maximum atomic E-state index is 6.32. The van der Waals surface area contributed by atoms with Gasteiger partial charge in [-0.15, -0.1) is 0 Å². The molecule has 0 radical (unpaired) electrons. The van der Waals surface area contributed by atoms with E-state index in [9.17, 15) is 0 Å². The maximum Gasteiger partial charge on any atom is 0.338 e. The van der Waals surface area contributed by atoms with Crippen LogP contribution in [0.4, 0.5) is 0 Å². The Kier molecular flexibility index (Phi) is 9.28. The summed E-state index contributed by atoms with van der Waals surface area (Å²) < 4.78 is 12.4. The molecule has 1 unspecified atom stereocenters. The molecule has 0 aromatic rings. The quantitative estimate of drug-likeness (QED) is 0.529. The Morgan fingerprint density at radius 3 is 1.88 bits per heavy atom. The summed E-state index contributed by atoms with van der Waals surface area (Å²) in [5.41, 5.74) is 0. The molecule has 0 aliphatic heterocycles. The van der Waals surface area contributed by atoms with Crippen molar-refractivity contribution in [3.63, 3.8) is 0 Å². The van der Waals surface area contributed by atoms with Crippen molar-refractivity contribution in [2.24, 2.45) is 0 Å². The van der Waals surface area contributed by atoms with Gasteiger partial charge in [0.1, 0.15) is 0 Å². The van der Waals surface area contributed by atoms with E-state index in [2.05, 4.69) is 34.6 Å². The van der Waals surface area contributed by atoms with Crippen molar-refractivity contribution in [2.75, 3.05) is 6.61 Å². The maximum absolute atomic E-state index is 6.32. The Labute approximate surface area is 103 Å². The highest BCUT2D eigenvalue weighted by molar-refractivity contribution is 6.67. The molecule has 0 spiro atoms. The lowest BCUT2D eigenvalue weighted by Crippen LogP contribution is -2.44. The standard InChI is InChI=1S/C13H30O2Si/c1-6-10-13(5)15-16(11-7-2,12-8-3)14-9-4/h13H,6-12H2,1-5H3. The van der Waals surface area contributed by atoms with E-state index in [0.717, 1.165) is 25.1 Å². The summed E-state index contributed by atoms with van der Waals surface area (Å²) in [6, 6.07) is 2.28. The second kappa shape index (κ2) is 9.20. The molecule has 0 rings (SSSR count). The fourth-order valence-electron chi connectivity index (χ4n) is 2.28. The molecule has 0 amide bonds. The van der Waals surface area contributed by atoms with Crippen LogP contribution in [0.3, 0.4) is 0 Å². The summed E-state index contributed by atoms with van der Waals surface area (Å²) >= 11 is 0. The fraction of sp³-hybridized carbons (Fsp3) is 1.00. The van der Waals surface area contributed by atoms with Gasteiger partial charge in [0.15, 0.2) is 0 Å². The predicted molar refractivity (Wildman–Crippen MR) is 73.0 cm³/mol. The van der Waals surface area contributed by atoms with Crippen LogP contribution in [0.25, 0.3) is 0 Å². The molecule has 0 saturated heterocycles. The van der Waals surface area contributed by atoms with Crippen molar-refractivity contribution in [1.82, 2.24) is 0 Å². The normalized spacial score (nSPS) is 14.1. The van der Waals surface area contributed by atoms with Crippen molar-refractivity contribution >= 4 is 8.56 Å². The topological polar surface area (TPSA) is 18.5 Å². The van der Waals surface area contributed by atoms with Gasteiger partial charge in [-0.3, -0.25) is 0 Å². The summed E-state index contributed by atoms with van der Waals surface area (Å²) in [6.45, 7) is 11.7. The average Bonchev–Trinajstić information content (AvgIpc) is 2.18. The molecule has 0 aliphatic carbocycles. The zero-order chi connectivity index (χ0) is 12.4. The third-order valence-electron chi connectivity index (χ3n) is 2.78. The van der Waals surface area contributed by atoms with Gasteiger partial charge >= 0.3 is 8.56 Å². The van der Waals surface area contributed by atoms with E-state index < -0.39 is 8.56 Å². The summed E-state index contributed by atoms with van der Waals surface area (Å²) in [5.74, 6) is 0. The number of hydrogen-bond acceptors (Lipinski definition) is 2. The molecule has 16 heavy (non-hydrogen) atoms. The SMILES string of the molecule is CCCC(C)O[Si](CCC)(CCC)OCC. The lowest BCUT2D eigenvalue weighted by atomic mass is 10.2. The second-order valence-electron chi connectivity index (χ2n) is 4.56. The molecule has 0 saturated carbocycles. The molecule has 0 aromatic carbocycles. The molecular weight excluding hydrogens is 216 g/mol. The minimum absolute atomic E-state index is 0.362. The largest absolute Gasteiger partial charge is 0.394 e. The Bertz CT molecular complexity index is 145. The summed E-state index contributed by atoms with van der Waals surface area (Å²) in [4.78, 5) is 0. The van der Waals surface area contributed by atoms with Crippen LogP contribution < -0.4 is 0 Å². The molecule has 3 heteroatoms. The molecular formula is C13H30O2Si. The Balaban J connectivity index is 4.44. The first-order valence-electron chi connectivity index (χ1n) is 6.95. The van der Waals surface area contributed by atoms with Crippen molar-refractivity contribution in [3.05, 3.63) is 0 Å². The van der Waals surface area contributed by atoms with Crippen LogP contribution in [0.5, 0.6) is 0 Å². The van der Waals surface area contributed by atoms with E-state index in [4.69, 9.17) is 8.85 Å². The lowest BCUT2D eigenvalue weighted by molar-refractivity contribution is 0.119. The third-order valence-corrected chi connectivity index (χ3v) is 6.95. The van der Waals surface area contributed by atoms with Gasteiger partial charge < -0.3 is 8.85 Å². The Morgan fingerprint density at radius 2 is 1.50 bits per heavy atom. The van der Waals surface area contributed by atoms with Crippen LogP contribution in [0.15, 0.2) is 0 Å². The van der Waals surface area contributed by atoms with Crippen molar-refractivity contribution < 1.29 is 8.85 Å². The van der Waals surface area contributed by atoms with E-state index in [1.807, 2.05) is 0 Å². The van der Waals surface area contributed by atoms with Crippen molar-refractivity contribution in [2.45, 2.75) is 78.5 Å². The van der Waals surface area contributed by atoms with Crippen LogP contribution in [0.1, 0.15) is 60.3 Å². The van der Waals surface area contributed by atoms with Gasteiger partial charge in [-0.05, 0) is 32.4 Å². The monoisotopic (exact) mass is 246 g/mol. The zero-order valence-electron chi connectivity index (χ0n) is 11.8. The summed E-state index contributed by atoms with van der Waals surface area (Å²) in [6.07, 6.45) is 5.04. The molecule has 0 heterocycles. The Hall–Kier alpha value is 0.137. The zero-order valence-corrected chi connectivity index (χ0v) is 12.8. The van der Waals surface area contributed by atoms with Crippen LogP contribution >= 0.6 is 0 Å². The van der Waals surface area contributed by atoms with Crippen LogP contribution in [-0.2, 0) is 8.85 Å².